The maximum Gasteiger partial charge on any atom is 0.416 e. The van der Waals surface area contributed by atoms with E-state index in [9.17, 15) is 13.2 Å². The average molecular weight is 357 g/mol. The Morgan fingerprint density at radius 3 is 2.80 bits per heavy atom. The van der Waals surface area contributed by atoms with E-state index in [2.05, 4.69) is 10.3 Å². The van der Waals surface area contributed by atoms with Crippen molar-refractivity contribution in [3.05, 3.63) is 35.4 Å². The molecule has 1 aliphatic heterocycles. The van der Waals surface area contributed by atoms with Crippen molar-refractivity contribution in [3.8, 4) is 0 Å². The maximum absolute atomic E-state index is 12.7. The van der Waals surface area contributed by atoms with Crippen LogP contribution in [0.1, 0.15) is 36.8 Å². The molecule has 1 aromatic rings. The molecule has 3 rings (SSSR count). The van der Waals surface area contributed by atoms with Gasteiger partial charge in [-0.2, -0.15) is 13.2 Å². The van der Waals surface area contributed by atoms with E-state index >= 15 is 0 Å². The van der Waals surface area contributed by atoms with Gasteiger partial charge in [-0.05, 0) is 30.5 Å². The molecule has 1 atom stereocenters. The number of nitrogens with two attached hydrogens (primary N) is 1. The van der Waals surface area contributed by atoms with Gasteiger partial charge in [0.2, 0.25) is 0 Å². The fourth-order valence-electron chi connectivity index (χ4n) is 3.19. The van der Waals surface area contributed by atoms with Crippen LogP contribution in [0.3, 0.4) is 0 Å². The summed E-state index contributed by atoms with van der Waals surface area (Å²) in [5.41, 5.74) is 5.55. The Kier molecular flexibility index (Phi) is 5.19. The number of guanidine groups is 1. The largest absolute Gasteiger partial charge is 0.416 e. The third kappa shape index (κ3) is 4.64. The number of aliphatic imine (C=N–C) groups is 1. The molecule has 2 fully saturated rings. The minimum Gasteiger partial charge on any atom is -0.370 e. The van der Waals surface area contributed by atoms with Crippen LogP contribution in [-0.2, 0) is 22.2 Å². The van der Waals surface area contributed by atoms with Crippen molar-refractivity contribution in [2.75, 3.05) is 13.2 Å². The van der Waals surface area contributed by atoms with Gasteiger partial charge in [-0.15, -0.1) is 0 Å². The number of hydrogen-bond donors (Lipinski definition) is 2. The van der Waals surface area contributed by atoms with Gasteiger partial charge in [-0.1, -0.05) is 12.1 Å². The van der Waals surface area contributed by atoms with E-state index in [4.69, 9.17) is 15.2 Å². The zero-order chi connectivity index (χ0) is 17.9. The fraction of sp³-hybridized carbons (Fsp3) is 0.588. The van der Waals surface area contributed by atoms with Crippen molar-refractivity contribution in [1.29, 1.82) is 0 Å². The van der Waals surface area contributed by atoms with Crippen molar-refractivity contribution in [3.63, 3.8) is 0 Å². The van der Waals surface area contributed by atoms with Crippen LogP contribution >= 0.6 is 0 Å². The first-order valence-electron chi connectivity index (χ1n) is 8.38. The topological polar surface area (TPSA) is 68.9 Å². The molecule has 1 unspecified atom stereocenters. The lowest BCUT2D eigenvalue weighted by molar-refractivity contribution is -0.160. The van der Waals surface area contributed by atoms with Crippen LogP contribution in [0.25, 0.3) is 0 Å². The summed E-state index contributed by atoms with van der Waals surface area (Å²) < 4.78 is 49.8. The van der Waals surface area contributed by atoms with Gasteiger partial charge >= 0.3 is 6.18 Å². The van der Waals surface area contributed by atoms with Crippen LogP contribution in [-0.4, -0.2) is 31.0 Å². The first-order valence-corrected chi connectivity index (χ1v) is 8.38. The van der Waals surface area contributed by atoms with E-state index in [1.54, 1.807) is 6.07 Å². The molecule has 25 heavy (non-hydrogen) atoms. The highest BCUT2D eigenvalue weighted by atomic mass is 19.4. The Bertz CT molecular complexity index is 628. The average Bonchev–Trinajstić information content (AvgIpc) is 3.20. The van der Waals surface area contributed by atoms with Gasteiger partial charge in [0.25, 0.3) is 0 Å². The number of hydrogen-bond acceptors (Lipinski definition) is 3. The second-order valence-corrected chi connectivity index (χ2v) is 6.45. The second kappa shape index (κ2) is 7.21. The summed E-state index contributed by atoms with van der Waals surface area (Å²) in [6, 6.07) is 5.06. The van der Waals surface area contributed by atoms with Crippen LogP contribution < -0.4 is 11.1 Å². The van der Waals surface area contributed by atoms with E-state index in [1.165, 1.54) is 6.07 Å². The highest BCUT2D eigenvalue weighted by molar-refractivity contribution is 5.77. The molecule has 3 N–H and O–H groups in total. The molecule has 0 radical (unpaired) electrons. The molecular weight excluding hydrogens is 335 g/mol. The quantitative estimate of drug-likeness (QED) is 0.642. The minimum absolute atomic E-state index is 0.0781. The Morgan fingerprint density at radius 2 is 2.08 bits per heavy atom. The molecule has 2 aliphatic rings. The highest BCUT2D eigenvalue weighted by Crippen LogP contribution is 2.39. The summed E-state index contributed by atoms with van der Waals surface area (Å²) in [5.74, 6) is -0.246. The predicted octanol–water partition coefficient (Wildman–Crippen LogP) is 2.80. The van der Waals surface area contributed by atoms with Crippen molar-refractivity contribution in [2.24, 2.45) is 10.7 Å². The molecule has 1 heterocycles. The number of nitrogens with zero attached hydrogens (tertiary/aromatic N) is 1. The lowest BCUT2D eigenvalue weighted by Gasteiger charge is -2.22. The normalized spacial score (nSPS) is 23.3. The van der Waals surface area contributed by atoms with Gasteiger partial charge in [0, 0.05) is 19.4 Å². The smallest absolute Gasteiger partial charge is 0.370 e. The number of rotatable bonds is 4. The number of ether oxygens (including phenoxy) is 2. The summed E-state index contributed by atoms with van der Waals surface area (Å²) in [4.78, 5) is 4.09. The van der Waals surface area contributed by atoms with E-state index in [0.717, 1.165) is 37.8 Å². The van der Waals surface area contributed by atoms with Crippen molar-refractivity contribution in [2.45, 2.75) is 50.3 Å². The summed E-state index contributed by atoms with van der Waals surface area (Å²) in [6.07, 6.45) is -0.396. The van der Waals surface area contributed by atoms with Gasteiger partial charge in [-0.25, -0.2) is 4.99 Å². The molecule has 1 saturated carbocycles. The SMILES string of the molecule is NC(=NCc1cccc(C(F)(F)F)c1)NCC1COC2(CCCC2)O1. The lowest BCUT2D eigenvalue weighted by Crippen LogP contribution is -2.39. The molecular formula is C17H22F3N3O2. The molecule has 1 aliphatic carbocycles. The zero-order valence-corrected chi connectivity index (χ0v) is 13.8. The lowest BCUT2D eigenvalue weighted by atomic mass is 10.1. The van der Waals surface area contributed by atoms with Gasteiger partial charge in [-0.3, -0.25) is 0 Å². The summed E-state index contributed by atoms with van der Waals surface area (Å²) in [7, 11) is 0. The fourth-order valence-corrected chi connectivity index (χ4v) is 3.19. The third-order valence-electron chi connectivity index (χ3n) is 4.48. The summed E-state index contributed by atoms with van der Waals surface area (Å²) >= 11 is 0. The first-order chi connectivity index (χ1) is 11.9. The Hall–Kier alpha value is -1.80. The molecule has 138 valence electrons. The highest BCUT2D eigenvalue weighted by Gasteiger charge is 2.43. The van der Waals surface area contributed by atoms with E-state index in [1.807, 2.05) is 0 Å². The molecule has 1 spiro atoms. The standard InChI is InChI=1S/C17H22F3N3O2/c18-17(19,20)13-5-3-4-12(8-13)9-22-15(21)23-10-14-11-24-16(25-14)6-1-2-7-16/h3-5,8,14H,1-2,6-7,9-11H2,(H3,21,22,23). The zero-order valence-electron chi connectivity index (χ0n) is 13.8. The van der Waals surface area contributed by atoms with Crippen molar-refractivity contribution >= 4 is 5.96 Å². The van der Waals surface area contributed by atoms with Crippen molar-refractivity contribution < 1.29 is 22.6 Å². The molecule has 1 aromatic carbocycles. The van der Waals surface area contributed by atoms with Crippen LogP contribution in [0, 0.1) is 0 Å². The molecule has 0 aromatic heterocycles. The van der Waals surface area contributed by atoms with Crippen LogP contribution in [0.2, 0.25) is 0 Å². The minimum atomic E-state index is -4.36. The number of benzene rings is 1. The summed E-state index contributed by atoms with van der Waals surface area (Å²) in [6.45, 7) is 1.04. The van der Waals surface area contributed by atoms with E-state index in [0.29, 0.717) is 18.7 Å². The molecule has 8 heteroatoms. The second-order valence-electron chi connectivity index (χ2n) is 6.45. The predicted molar refractivity (Wildman–Crippen MR) is 86.8 cm³/mol. The number of halogens is 3. The van der Waals surface area contributed by atoms with Gasteiger partial charge in [0.1, 0.15) is 6.10 Å². The Labute approximate surface area is 144 Å². The van der Waals surface area contributed by atoms with E-state index in [-0.39, 0.29) is 18.6 Å². The third-order valence-corrected chi connectivity index (χ3v) is 4.48. The molecule has 5 nitrogen and oxygen atoms in total. The number of alkyl halides is 3. The van der Waals surface area contributed by atoms with Crippen LogP contribution in [0.5, 0.6) is 0 Å². The van der Waals surface area contributed by atoms with Gasteiger partial charge in [0.15, 0.2) is 11.7 Å². The first kappa shape index (κ1) is 18.0. The molecule has 1 saturated heterocycles. The molecule has 0 amide bonds. The van der Waals surface area contributed by atoms with Crippen LogP contribution in [0.15, 0.2) is 29.3 Å². The maximum atomic E-state index is 12.7. The monoisotopic (exact) mass is 357 g/mol. The van der Waals surface area contributed by atoms with Gasteiger partial charge in [0.05, 0.1) is 18.7 Å². The van der Waals surface area contributed by atoms with Gasteiger partial charge < -0.3 is 20.5 Å². The van der Waals surface area contributed by atoms with Crippen molar-refractivity contribution in [1.82, 2.24) is 5.32 Å². The Balaban J connectivity index is 1.48. The van der Waals surface area contributed by atoms with E-state index < -0.39 is 17.5 Å². The Morgan fingerprint density at radius 1 is 1.32 bits per heavy atom. The molecule has 0 bridgehead atoms. The van der Waals surface area contributed by atoms with Crippen LogP contribution in [0.4, 0.5) is 13.2 Å². The number of nitrogens with one attached hydrogen (secondary N) is 1. The summed E-state index contributed by atoms with van der Waals surface area (Å²) in [5, 5.41) is 2.95.